The van der Waals surface area contributed by atoms with E-state index in [9.17, 15) is 4.79 Å². The number of pyridine rings is 1. The number of amides is 1. The summed E-state index contributed by atoms with van der Waals surface area (Å²) >= 11 is 0. The van der Waals surface area contributed by atoms with E-state index in [1.165, 1.54) is 0 Å². The second-order valence-electron chi connectivity index (χ2n) is 6.50. The van der Waals surface area contributed by atoms with Crippen LogP contribution in [0.25, 0.3) is 16.6 Å². The molecule has 144 valence electrons. The summed E-state index contributed by atoms with van der Waals surface area (Å²) in [6, 6.07) is 21.4. The Morgan fingerprint density at radius 2 is 1.97 bits per heavy atom. The second-order valence-corrected chi connectivity index (χ2v) is 6.50. The third-order valence-electron chi connectivity index (χ3n) is 4.50. The van der Waals surface area contributed by atoms with Crippen molar-refractivity contribution in [3.8, 4) is 11.4 Å². The normalized spacial score (nSPS) is 11.1. The van der Waals surface area contributed by atoms with E-state index in [1.54, 1.807) is 18.5 Å². The van der Waals surface area contributed by atoms with Gasteiger partial charge in [-0.1, -0.05) is 36.4 Å². The summed E-state index contributed by atoms with van der Waals surface area (Å²) < 4.78 is 7.64. The molecule has 4 aromatic rings. The quantitative estimate of drug-likeness (QED) is 0.405. The zero-order valence-electron chi connectivity index (χ0n) is 15.9. The fraction of sp³-hybridized carbons (Fsp3) is 0.0870. The summed E-state index contributed by atoms with van der Waals surface area (Å²) in [5, 5.41) is 5.02. The maximum atomic E-state index is 12.1. The molecule has 0 bridgehead atoms. The number of nitrogens with zero attached hydrogens (tertiary/aromatic N) is 3. The van der Waals surface area contributed by atoms with Gasteiger partial charge in [0.1, 0.15) is 11.3 Å². The Morgan fingerprint density at radius 1 is 1.10 bits per heavy atom. The molecule has 0 saturated heterocycles. The van der Waals surface area contributed by atoms with Crippen LogP contribution in [0.1, 0.15) is 11.3 Å². The molecule has 4 rings (SSSR count). The van der Waals surface area contributed by atoms with E-state index in [0.717, 1.165) is 27.8 Å². The molecule has 0 saturated carbocycles. The summed E-state index contributed by atoms with van der Waals surface area (Å²) in [5.41, 5.74) is 6.31. The van der Waals surface area contributed by atoms with Gasteiger partial charge in [0, 0.05) is 23.5 Å². The molecule has 1 amide bonds. The Balaban J connectivity index is 1.39. The van der Waals surface area contributed by atoms with Gasteiger partial charge in [0.15, 0.2) is 6.61 Å². The minimum Gasteiger partial charge on any atom is -0.481 e. The number of para-hydroxylation sites is 2. The predicted octanol–water partition coefficient (Wildman–Crippen LogP) is 3.86. The highest BCUT2D eigenvalue weighted by molar-refractivity contribution is 5.85. The molecule has 6 heteroatoms. The fourth-order valence-corrected chi connectivity index (χ4v) is 3.09. The molecule has 2 heterocycles. The number of carbonyl (C=O) groups excluding carboxylic acids is 1. The predicted molar refractivity (Wildman–Crippen MR) is 113 cm³/mol. The molecule has 2 aromatic carbocycles. The largest absolute Gasteiger partial charge is 0.481 e. The molecular weight excluding hydrogens is 364 g/mol. The van der Waals surface area contributed by atoms with Gasteiger partial charge in [-0.3, -0.25) is 9.78 Å². The van der Waals surface area contributed by atoms with Crippen molar-refractivity contribution < 1.29 is 9.53 Å². The number of hydrogen-bond donors (Lipinski definition) is 1. The maximum Gasteiger partial charge on any atom is 0.277 e. The highest BCUT2D eigenvalue weighted by Crippen LogP contribution is 2.22. The Kier molecular flexibility index (Phi) is 5.33. The van der Waals surface area contributed by atoms with E-state index in [1.807, 2.05) is 65.4 Å². The first-order valence-corrected chi connectivity index (χ1v) is 9.24. The van der Waals surface area contributed by atoms with Crippen LogP contribution in [0.3, 0.4) is 0 Å². The van der Waals surface area contributed by atoms with Crippen LogP contribution < -0.4 is 10.2 Å². The van der Waals surface area contributed by atoms with Crippen molar-refractivity contribution >= 4 is 23.0 Å². The Hall–Kier alpha value is -3.93. The van der Waals surface area contributed by atoms with Crippen LogP contribution in [0, 0.1) is 6.92 Å². The number of hydrogen-bond acceptors (Lipinski definition) is 4. The van der Waals surface area contributed by atoms with Gasteiger partial charge in [-0.05, 0) is 42.8 Å². The van der Waals surface area contributed by atoms with Crippen molar-refractivity contribution in [2.45, 2.75) is 6.92 Å². The van der Waals surface area contributed by atoms with Crippen LogP contribution >= 0.6 is 0 Å². The van der Waals surface area contributed by atoms with Gasteiger partial charge >= 0.3 is 0 Å². The van der Waals surface area contributed by atoms with Crippen molar-refractivity contribution in [3.05, 3.63) is 90.4 Å². The number of nitrogens with one attached hydrogen (secondary N) is 1. The number of carbonyl (C=O) groups is 1. The average Bonchev–Trinajstić information content (AvgIpc) is 3.21. The van der Waals surface area contributed by atoms with Crippen molar-refractivity contribution in [1.29, 1.82) is 0 Å². The van der Waals surface area contributed by atoms with Crippen LogP contribution in [0.4, 0.5) is 0 Å². The van der Waals surface area contributed by atoms with Crippen molar-refractivity contribution in [1.82, 2.24) is 15.0 Å². The summed E-state index contributed by atoms with van der Waals surface area (Å²) in [5.74, 6) is 0.221. The van der Waals surface area contributed by atoms with E-state index < -0.39 is 0 Å². The van der Waals surface area contributed by atoms with Gasteiger partial charge in [0.05, 0.1) is 11.9 Å². The Bertz CT molecular complexity index is 1170. The van der Waals surface area contributed by atoms with Crippen molar-refractivity contribution in [2.24, 2.45) is 5.10 Å². The summed E-state index contributed by atoms with van der Waals surface area (Å²) in [7, 11) is 0. The van der Waals surface area contributed by atoms with E-state index in [4.69, 9.17) is 4.74 Å². The molecule has 0 radical (unpaired) electrons. The lowest BCUT2D eigenvalue weighted by Crippen LogP contribution is -2.24. The number of rotatable bonds is 6. The molecule has 0 fully saturated rings. The van der Waals surface area contributed by atoms with Gasteiger partial charge < -0.3 is 9.30 Å². The van der Waals surface area contributed by atoms with Gasteiger partial charge in [-0.25, -0.2) is 5.43 Å². The number of ether oxygens (including phenoxy) is 1. The van der Waals surface area contributed by atoms with Gasteiger partial charge in [-0.2, -0.15) is 5.10 Å². The highest BCUT2D eigenvalue weighted by Gasteiger charge is 2.07. The molecule has 0 unspecified atom stereocenters. The van der Waals surface area contributed by atoms with Gasteiger partial charge in [0.25, 0.3) is 5.91 Å². The van der Waals surface area contributed by atoms with E-state index in [0.29, 0.717) is 5.75 Å². The number of aryl methyl sites for hydroxylation is 1. The summed E-state index contributed by atoms with van der Waals surface area (Å²) in [6.45, 7) is 1.91. The van der Waals surface area contributed by atoms with Gasteiger partial charge in [-0.15, -0.1) is 0 Å². The van der Waals surface area contributed by atoms with Crippen molar-refractivity contribution in [3.63, 3.8) is 0 Å². The molecule has 29 heavy (non-hydrogen) atoms. The lowest BCUT2D eigenvalue weighted by Gasteiger charge is -2.09. The first kappa shape index (κ1) is 18.4. The molecule has 0 aliphatic rings. The third-order valence-corrected chi connectivity index (χ3v) is 4.50. The van der Waals surface area contributed by atoms with Crippen LogP contribution in [0.15, 0.2) is 84.2 Å². The molecule has 0 aliphatic heterocycles. The molecule has 0 atom stereocenters. The number of fused-ring (bicyclic) bond motifs is 1. The zero-order valence-corrected chi connectivity index (χ0v) is 15.9. The van der Waals surface area contributed by atoms with Crippen LogP contribution in [0.5, 0.6) is 5.75 Å². The molecule has 6 nitrogen and oxygen atoms in total. The Morgan fingerprint density at radius 3 is 2.86 bits per heavy atom. The van der Waals surface area contributed by atoms with E-state index in [2.05, 4.69) is 28.5 Å². The molecular formula is C23H20N4O2. The van der Waals surface area contributed by atoms with Crippen LogP contribution in [-0.2, 0) is 4.79 Å². The standard InChI is InChI=1S/C23H20N4O2/c1-17-7-2-3-11-20(17)27-14-6-10-19(27)15-25-26-22(28)16-29-21-12-4-8-18-9-5-13-24-23(18)21/h2-15H,16H2,1H3,(H,26,28)/b25-15+. The number of hydrazone groups is 1. The van der Waals surface area contributed by atoms with Crippen LogP contribution in [-0.4, -0.2) is 28.3 Å². The lowest BCUT2D eigenvalue weighted by atomic mass is 10.2. The number of benzene rings is 2. The number of aromatic nitrogens is 2. The Labute approximate surface area is 168 Å². The van der Waals surface area contributed by atoms with E-state index >= 15 is 0 Å². The topological polar surface area (TPSA) is 68.5 Å². The SMILES string of the molecule is Cc1ccccc1-n1cccc1/C=N/NC(=O)COc1cccc2cccnc12. The summed E-state index contributed by atoms with van der Waals surface area (Å²) in [6.07, 6.45) is 5.27. The molecule has 1 N–H and O–H groups in total. The molecule has 2 aromatic heterocycles. The molecule has 0 aliphatic carbocycles. The van der Waals surface area contributed by atoms with Crippen molar-refractivity contribution in [2.75, 3.05) is 6.61 Å². The van der Waals surface area contributed by atoms with E-state index in [-0.39, 0.29) is 12.5 Å². The monoisotopic (exact) mass is 384 g/mol. The highest BCUT2D eigenvalue weighted by atomic mass is 16.5. The smallest absolute Gasteiger partial charge is 0.277 e. The second kappa shape index (κ2) is 8.39. The zero-order chi connectivity index (χ0) is 20.1. The first-order valence-electron chi connectivity index (χ1n) is 9.24. The van der Waals surface area contributed by atoms with Gasteiger partial charge in [0.2, 0.25) is 0 Å². The lowest BCUT2D eigenvalue weighted by molar-refractivity contribution is -0.123. The maximum absolute atomic E-state index is 12.1. The summed E-state index contributed by atoms with van der Waals surface area (Å²) in [4.78, 5) is 16.4. The molecule has 0 spiro atoms. The fourth-order valence-electron chi connectivity index (χ4n) is 3.09. The minimum absolute atomic E-state index is 0.147. The third kappa shape index (κ3) is 4.16. The first-order chi connectivity index (χ1) is 14.2. The minimum atomic E-state index is -0.344. The average molecular weight is 384 g/mol. The van der Waals surface area contributed by atoms with Crippen LogP contribution in [0.2, 0.25) is 0 Å².